The van der Waals surface area contributed by atoms with Gasteiger partial charge in [-0.05, 0) is 12.1 Å². The van der Waals surface area contributed by atoms with Gasteiger partial charge < -0.3 is 16.0 Å². The van der Waals surface area contributed by atoms with Crippen molar-refractivity contribution in [2.75, 3.05) is 18.4 Å². The molecule has 0 radical (unpaired) electrons. The average Bonchev–Trinajstić information content (AvgIpc) is 2.41. The van der Waals surface area contributed by atoms with E-state index in [-0.39, 0.29) is 18.0 Å². The third kappa shape index (κ3) is 3.94. The molecule has 4 N–H and O–H groups in total. The van der Waals surface area contributed by atoms with Gasteiger partial charge in [-0.25, -0.2) is 0 Å². The maximum absolute atomic E-state index is 12.8. The summed E-state index contributed by atoms with van der Waals surface area (Å²) in [4.78, 5) is 23.3. The number of carbonyl (C=O) groups excluding carboxylic acids is 2. The minimum Gasteiger partial charge on any atom is -0.345 e. The number of hydrogen-bond donors (Lipinski definition) is 3. The molecule has 0 spiro atoms. The van der Waals surface area contributed by atoms with Gasteiger partial charge >= 0.3 is 6.18 Å². The third-order valence-electron chi connectivity index (χ3n) is 3.14. The molecule has 1 aliphatic heterocycles. The van der Waals surface area contributed by atoms with Gasteiger partial charge in [-0.15, -0.1) is 0 Å². The Morgan fingerprint density at radius 2 is 2.10 bits per heavy atom. The predicted molar refractivity (Wildman–Crippen MR) is 68.3 cm³/mol. The largest absolute Gasteiger partial charge is 0.418 e. The summed E-state index contributed by atoms with van der Waals surface area (Å²) in [5.74, 6) is -0.898. The summed E-state index contributed by atoms with van der Waals surface area (Å²) in [6.07, 6.45) is -4.71. The second-order valence-corrected chi connectivity index (χ2v) is 4.72. The second kappa shape index (κ2) is 6.13. The maximum atomic E-state index is 12.8. The Bertz CT molecular complexity index is 546. The van der Waals surface area contributed by atoms with E-state index in [9.17, 15) is 22.8 Å². The molecule has 0 saturated carbocycles. The molecular formula is C13H15F3N3O2+. The Morgan fingerprint density at radius 3 is 2.76 bits per heavy atom. The van der Waals surface area contributed by atoms with E-state index in [1.165, 1.54) is 18.2 Å². The molecule has 1 saturated heterocycles. The number of alkyl halides is 3. The fraction of sp³-hybridized carbons (Fsp3) is 0.385. The summed E-state index contributed by atoms with van der Waals surface area (Å²) < 4.78 is 38.4. The molecule has 0 bridgehead atoms. The molecule has 1 atom stereocenters. The SMILES string of the molecule is O=C(CC1[NH2+]CCNC1=O)Nc1ccccc1C(F)(F)F. The fourth-order valence-electron chi connectivity index (χ4n) is 2.13. The number of piperazine rings is 1. The summed E-state index contributed by atoms with van der Waals surface area (Å²) >= 11 is 0. The van der Waals surface area contributed by atoms with Crippen LogP contribution in [0.3, 0.4) is 0 Å². The van der Waals surface area contributed by atoms with Crippen LogP contribution in [0, 0.1) is 0 Å². The van der Waals surface area contributed by atoms with E-state index in [1.54, 1.807) is 5.32 Å². The Labute approximate surface area is 118 Å². The number of nitrogens with two attached hydrogens (primary N) is 1. The van der Waals surface area contributed by atoms with Gasteiger partial charge in [0.25, 0.3) is 5.91 Å². The number of benzene rings is 1. The summed E-state index contributed by atoms with van der Waals surface area (Å²) in [7, 11) is 0. The summed E-state index contributed by atoms with van der Waals surface area (Å²) in [6.45, 7) is 1.16. The maximum Gasteiger partial charge on any atom is 0.418 e. The number of nitrogens with one attached hydrogen (secondary N) is 2. The molecule has 21 heavy (non-hydrogen) atoms. The van der Waals surface area contributed by atoms with Crippen LogP contribution in [0.4, 0.5) is 18.9 Å². The molecule has 0 aliphatic carbocycles. The molecule has 1 aliphatic rings. The van der Waals surface area contributed by atoms with Crippen LogP contribution in [-0.2, 0) is 15.8 Å². The number of hydrogen-bond acceptors (Lipinski definition) is 2. The molecule has 1 aromatic rings. The summed E-state index contributed by atoms with van der Waals surface area (Å²) in [5.41, 5.74) is -1.21. The number of anilines is 1. The number of halogens is 3. The number of quaternary nitrogens is 1. The summed E-state index contributed by atoms with van der Waals surface area (Å²) in [5, 5.41) is 6.54. The number of carbonyl (C=O) groups is 2. The van der Waals surface area contributed by atoms with Crippen LogP contribution < -0.4 is 16.0 Å². The van der Waals surface area contributed by atoms with Crippen molar-refractivity contribution in [3.8, 4) is 0 Å². The lowest BCUT2D eigenvalue weighted by Crippen LogP contribution is -2.96. The highest BCUT2D eigenvalue weighted by Crippen LogP contribution is 2.34. The zero-order valence-corrected chi connectivity index (χ0v) is 11.0. The van der Waals surface area contributed by atoms with E-state index < -0.39 is 23.7 Å². The molecule has 1 aromatic carbocycles. The van der Waals surface area contributed by atoms with E-state index in [1.807, 2.05) is 0 Å². The zero-order chi connectivity index (χ0) is 15.5. The average molecular weight is 302 g/mol. The van der Waals surface area contributed by atoms with Gasteiger partial charge in [0, 0.05) is 0 Å². The van der Waals surface area contributed by atoms with E-state index in [0.717, 1.165) is 6.07 Å². The van der Waals surface area contributed by atoms with Crippen LogP contribution in [0.15, 0.2) is 24.3 Å². The first-order valence-electron chi connectivity index (χ1n) is 6.45. The van der Waals surface area contributed by atoms with Crippen LogP contribution in [0.2, 0.25) is 0 Å². The van der Waals surface area contributed by atoms with Gasteiger partial charge in [-0.2, -0.15) is 13.2 Å². The van der Waals surface area contributed by atoms with Crippen molar-refractivity contribution in [3.05, 3.63) is 29.8 Å². The van der Waals surface area contributed by atoms with E-state index >= 15 is 0 Å². The first-order valence-corrected chi connectivity index (χ1v) is 6.45. The lowest BCUT2D eigenvalue weighted by Gasteiger charge is -2.20. The van der Waals surface area contributed by atoms with Crippen LogP contribution in [0.25, 0.3) is 0 Å². The third-order valence-corrected chi connectivity index (χ3v) is 3.14. The monoisotopic (exact) mass is 302 g/mol. The molecule has 5 nitrogen and oxygen atoms in total. The van der Waals surface area contributed by atoms with Gasteiger partial charge in [0.05, 0.1) is 30.8 Å². The zero-order valence-electron chi connectivity index (χ0n) is 11.0. The Morgan fingerprint density at radius 1 is 1.38 bits per heavy atom. The Hall–Kier alpha value is -2.09. The van der Waals surface area contributed by atoms with Crippen LogP contribution in [0.1, 0.15) is 12.0 Å². The Balaban J connectivity index is 2.05. The highest BCUT2D eigenvalue weighted by atomic mass is 19.4. The predicted octanol–water partition coefficient (Wildman–Crippen LogP) is 0.0958. The van der Waals surface area contributed by atoms with Crippen molar-refractivity contribution in [1.82, 2.24) is 5.32 Å². The Kier molecular flexibility index (Phi) is 4.46. The van der Waals surface area contributed by atoms with Crippen molar-refractivity contribution in [1.29, 1.82) is 0 Å². The lowest BCUT2D eigenvalue weighted by molar-refractivity contribution is -0.678. The second-order valence-electron chi connectivity index (χ2n) is 4.72. The van der Waals surface area contributed by atoms with Gasteiger partial charge in [-0.1, -0.05) is 12.1 Å². The van der Waals surface area contributed by atoms with E-state index in [4.69, 9.17) is 0 Å². The van der Waals surface area contributed by atoms with Crippen LogP contribution in [0.5, 0.6) is 0 Å². The molecule has 2 rings (SSSR count). The molecule has 1 unspecified atom stereocenters. The quantitative estimate of drug-likeness (QED) is 0.740. The van der Waals surface area contributed by atoms with Gasteiger partial charge in [0.2, 0.25) is 5.91 Å². The highest BCUT2D eigenvalue weighted by molar-refractivity contribution is 5.95. The lowest BCUT2D eigenvalue weighted by atomic mass is 10.1. The van der Waals surface area contributed by atoms with Crippen molar-refractivity contribution < 1.29 is 28.1 Å². The number of amides is 2. The van der Waals surface area contributed by atoms with Gasteiger partial charge in [-0.3, -0.25) is 9.59 Å². The van der Waals surface area contributed by atoms with Crippen molar-refractivity contribution in [2.45, 2.75) is 18.6 Å². The molecule has 2 amide bonds. The van der Waals surface area contributed by atoms with Gasteiger partial charge in [0.15, 0.2) is 6.04 Å². The standard InChI is InChI=1S/C13H14F3N3O2/c14-13(15,16)8-3-1-2-4-9(8)19-11(20)7-10-12(21)18-6-5-17-10/h1-4,10,17H,5-7H2,(H,18,21)(H,19,20)/p+1. The molecule has 8 heteroatoms. The number of rotatable bonds is 3. The van der Waals surface area contributed by atoms with Crippen molar-refractivity contribution in [2.24, 2.45) is 0 Å². The minimum atomic E-state index is -4.54. The molecule has 114 valence electrons. The van der Waals surface area contributed by atoms with Crippen molar-refractivity contribution in [3.63, 3.8) is 0 Å². The summed E-state index contributed by atoms with van der Waals surface area (Å²) in [6, 6.07) is 4.14. The fourth-order valence-corrected chi connectivity index (χ4v) is 2.13. The smallest absolute Gasteiger partial charge is 0.345 e. The van der Waals surface area contributed by atoms with E-state index in [0.29, 0.717) is 13.1 Å². The molecule has 1 heterocycles. The van der Waals surface area contributed by atoms with Crippen molar-refractivity contribution >= 4 is 17.5 Å². The first-order chi connectivity index (χ1) is 9.88. The normalized spacial score (nSPS) is 19.0. The topological polar surface area (TPSA) is 74.8 Å². The van der Waals surface area contributed by atoms with Crippen LogP contribution in [-0.4, -0.2) is 30.9 Å². The number of para-hydroxylation sites is 1. The highest BCUT2D eigenvalue weighted by Gasteiger charge is 2.34. The molecule has 0 aromatic heterocycles. The van der Waals surface area contributed by atoms with Gasteiger partial charge in [0.1, 0.15) is 0 Å². The molecule has 1 fully saturated rings. The first kappa shape index (κ1) is 15.3. The molecular weight excluding hydrogens is 287 g/mol. The van der Waals surface area contributed by atoms with Crippen LogP contribution >= 0.6 is 0 Å². The minimum absolute atomic E-state index is 0.169. The van der Waals surface area contributed by atoms with E-state index in [2.05, 4.69) is 10.6 Å².